The Morgan fingerprint density at radius 3 is 2.88 bits per heavy atom. The lowest BCUT2D eigenvalue weighted by Crippen LogP contribution is -2.30. The number of carbonyl (C=O) groups is 1. The highest BCUT2D eigenvalue weighted by Crippen LogP contribution is 2.32. The molecular formula is C18H19N5O3. The number of aromatic nitrogens is 4. The van der Waals surface area contributed by atoms with Crippen molar-refractivity contribution in [3.05, 3.63) is 47.9 Å². The van der Waals surface area contributed by atoms with Crippen LogP contribution < -0.4 is 0 Å². The van der Waals surface area contributed by atoms with Crippen molar-refractivity contribution in [2.75, 3.05) is 6.54 Å². The molecule has 0 unspecified atom stereocenters. The molecule has 26 heavy (non-hydrogen) atoms. The van der Waals surface area contributed by atoms with E-state index in [-0.39, 0.29) is 11.9 Å². The van der Waals surface area contributed by atoms with E-state index in [1.807, 2.05) is 30.0 Å². The van der Waals surface area contributed by atoms with E-state index in [0.717, 1.165) is 36.4 Å². The minimum absolute atomic E-state index is 0.0289. The lowest BCUT2D eigenvalue weighted by molar-refractivity contribution is -0.132. The van der Waals surface area contributed by atoms with Crippen LogP contribution in [0.25, 0.3) is 11.4 Å². The average molecular weight is 353 g/mol. The van der Waals surface area contributed by atoms with Crippen LogP contribution in [0.15, 0.2) is 39.6 Å². The number of amides is 1. The summed E-state index contributed by atoms with van der Waals surface area (Å²) < 4.78 is 10.6. The number of aryl methyl sites for hydroxylation is 2. The molecule has 0 spiro atoms. The zero-order valence-electron chi connectivity index (χ0n) is 14.5. The Labute approximate surface area is 150 Å². The smallest absolute Gasteiger partial charge is 0.227 e. The van der Waals surface area contributed by atoms with Crippen molar-refractivity contribution in [1.29, 1.82) is 0 Å². The van der Waals surface area contributed by atoms with Gasteiger partial charge in [-0.15, -0.1) is 0 Å². The summed E-state index contributed by atoms with van der Waals surface area (Å²) in [5, 5.41) is 7.89. The summed E-state index contributed by atoms with van der Waals surface area (Å²) in [6.45, 7) is 2.61. The van der Waals surface area contributed by atoms with Crippen molar-refractivity contribution in [2.24, 2.45) is 0 Å². The quantitative estimate of drug-likeness (QED) is 0.695. The van der Waals surface area contributed by atoms with Gasteiger partial charge in [-0.2, -0.15) is 4.98 Å². The van der Waals surface area contributed by atoms with E-state index in [2.05, 4.69) is 20.3 Å². The average Bonchev–Trinajstić information content (AvgIpc) is 3.40. The van der Waals surface area contributed by atoms with Crippen LogP contribution >= 0.6 is 0 Å². The van der Waals surface area contributed by atoms with Crippen molar-refractivity contribution in [1.82, 2.24) is 25.2 Å². The van der Waals surface area contributed by atoms with Gasteiger partial charge in [-0.25, -0.2) is 0 Å². The van der Waals surface area contributed by atoms with Gasteiger partial charge in [-0.3, -0.25) is 9.78 Å². The molecule has 0 N–H and O–H groups in total. The van der Waals surface area contributed by atoms with E-state index in [0.29, 0.717) is 24.6 Å². The lowest BCUT2D eigenvalue weighted by Gasteiger charge is -2.22. The third kappa shape index (κ3) is 3.35. The maximum Gasteiger partial charge on any atom is 0.227 e. The largest absolute Gasteiger partial charge is 0.359 e. The maximum atomic E-state index is 12.7. The fourth-order valence-corrected chi connectivity index (χ4v) is 3.23. The number of pyridine rings is 1. The summed E-state index contributed by atoms with van der Waals surface area (Å²) in [5.41, 5.74) is 1.66. The summed E-state index contributed by atoms with van der Waals surface area (Å²) in [7, 11) is 0. The van der Waals surface area contributed by atoms with Gasteiger partial charge in [0, 0.05) is 43.4 Å². The van der Waals surface area contributed by atoms with Gasteiger partial charge >= 0.3 is 0 Å². The molecule has 1 aliphatic heterocycles. The van der Waals surface area contributed by atoms with E-state index in [1.165, 1.54) is 0 Å². The molecule has 1 aliphatic rings. The number of carbonyl (C=O) groups excluding carboxylic acids is 1. The highest BCUT2D eigenvalue weighted by molar-refractivity contribution is 5.77. The molecule has 1 saturated heterocycles. The second-order valence-electron chi connectivity index (χ2n) is 6.36. The van der Waals surface area contributed by atoms with Crippen molar-refractivity contribution < 1.29 is 13.8 Å². The van der Waals surface area contributed by atoms with Crippen LogP contribution in [-0.2, 0) is 11.2 Å². The summed E-state index contributed by atoms with van der Waals surface area (Å²) in [6.07, 6.45) is 5.94. The van der Waals surface area contributed by atoms with Crippen molar-refractivity contribution >= 4 is 5.91 Å². The van der Waals surface area contributed by atoms with E-state index >= 15 is 0 Å². The van der Waals surface area contributed by atoms with Crippen LogP contribution in [0.1, 0.15) is 42.6 Å². The Morgan fingerprint density at radius 1 is 1.27 bits per heavy atom. The molecule has 0 radical (unpaired) electrons. The molecule has 8 heteroatoms. The van der Waals surface area contributed by atoms with Crippen LogP contribution in [-0.4, -0.2) is 37.6 Å². The zero-order chi connectivity index (χ0) is 17.9. The molecule has 4 heterocycles. The van der Waals surface area contributed by atoms with Crippen molar-refractivity contribution in [3.8, 4) is 11.4 Å². The monoisotopic (exact) mass is 353 g/mol. The molecule has 3 aromatic rings. The lowest BCUT2D eigenvalue weighted by atomic mass is 10.1. The molecule has 0 aromatic carbocycles. The molecule has 0 bridgehead atoms. The van der Waals surface area contributed by atoms with Gasteiger partial charge in [0.15, 0.2) is 5.76 Å². The Hall–Kier alpha value is -3.03. The molecule has 8 nitrogen and oxygen atoms in total. The van der Waals surface area contributed by atoms with Gasteiger partial charge in [0.25, 0.3) is 0 Å². The van der Waals surface area contributed by atoms with Crippen LogP contribution in [0.5, 0.6) is 0 Å². The Morgan fingerprint density at radius 2 is 2.12 bits per heavy atom. The normalized spacial score (nSPS) is 17.0. The molecule has 1 amide bonds. The first kappa shape index (κ1) is 16.4. The van der Waals surface area contributed by atoms with Crippen LogP contribution in [0.4, 0.5) is 0 Å². The zero-order valence-corrected chi connectivity index (χ0v) is 14.5. The third-order valence-electron chi connectivity index (χ3n) is 4.51. The third-order valence-corrected chi connectivity index (χ3v) is 4.51. The highest BCUT2D eigenvalue weighted by atomic mass is 16.5. The molecule has 3 aromatic heterocycles. The Balaban J connectivity index is 1.39. The van der Waals surface area contributed by atoms with Crippen LogP contribution in [0.2, 0.25) is 0 Å². The number of nitrogens with zero attached hydrogens (tertiary/aromatic N) is 5. The standard InChI is InChI=1S/C18H19N5O3/c1-12-11-15(25-21-12)14-3-2-10-23(14)17(24)5-4-16-20-18(22-26-16)13-6-8-19-9-7-13/h6-9,11,14H,2-5,10H2,1H3/t14-/m0/s1. The Bertz CT molecular complexity index is 889. The molecule has 134 valence electrons. The first-order valence-corrected chi connectivity index (χ1v) is 8.66. The van der Waals surface area contributed by atoms with Gasteiger partial charge in [0.2, 0.25) is 17.6 Å². The van der Waals surface area contributed by atoms with Crippen molar-refractivity contribution in [2.45, 2.75) is 38.6 Å². The predicted octanol–water partition coefficient (Wildman–Crippen LogP) is 2.72. The first-order valence-electron chi connectivity index (χ1n) is 8.66. The molecule has 4 rings (SSSR count). The van der Waals surface area contributed by atoms with Gasteiger partial charge < -0.3 is 13.9 Å². The number of hydrogen-bond donors (Lipinski definition) is 0. The van der Waals surface area contributed by atoms with E-state index in [9.17, 15) is 4.79 Å². The van der Waals surface area contributed by atoms with Crippen molar-refractivity contribution in [3.63, 3.8) is 0 Å². The van der Waals surface area contributed by atoms with Gasteiger partial charge in [0.05, 0.1) is 11.7 Å². The molecular weight excluding hydrogens is 334 g/mol. The first-order chi connectivity index (χ1) is 12.7. The van der Waals surface area contributed by atoms with E-state index < -0.39 is 0 Å². The fourth-order valence-electron chi connectivity index (χ4n) is 3.23. The van der Waals surface area contributed by atoms with Gasteiger partial charge in [-0.1, -0.05) is 10.3 Å². The SMILES string of the molecule is Cc1cc([C@@H]2CCCN2C(=O)CCc2nc(-c3ccncc3)no2)on1. The Kier molecular flexibility index (Phi) is 4.47. The summed E-state index contributed by atoms with van der Waals surface area (Å²) in [6, 6.07) is 5.50. The summed E-state index contributed by atoms with van der Waals surface area (Å²) >= 11 is 0. The minimum atomic E-state index is -0.0289. The summed E-state index contributed by atoms with van der Waals surface area (Å²) in [5.74, 6) is 1.78. The second-order valence-corrected chi connectivity index (χ2v) is 6.36. The maximum absolute atomic E-state index is 12.7. The second kappa shape index (κ2) is 7.07. The highest BCUT2D eigenvalue weighted by Gasteiger charge is 2.32. The topological polar surface area (TPSA) is 98.2 Å². The van der Waals surface area contributed by atoms with E-state index in [4.69, 9.17) is 9.05 Å². The molecule has 0 aliphatic carbocycles. The van der Waals surface area contributed by atoms with Gasteiger partial charge in [-0.05, 0) is 31.9 Å². The summed E-state index contributed by atoms with van der Waals surface area (Å²) in [4.78, 5) is 22.8. The number of likely N-dealkylation sites (tertiary alicyclic amines) is 1. The molecule has 0 saturated carbocycles. The molecule has 1 fully saturated rings. The van der Waals surface area contributed by atoms with Gasteiger partial charge in [0.1, 0.15) is 0 Å². The number of rotatable bonds is 5. The molecule has 1 atom stereocenters. The number of hydrogen-bond acceptors (Lipinski definition) is 7. The van der Waals surface area contributed by atoms with Crippen LogP contribution in [0, 0.1) is 6.92 Å². The minimum Gasteiger partial charge on any atom is -0.359 e. The fraction of sp³-hybridized carbons (Fsp3) is 0.389. The predicted molar refractivity (Wildman–Crippen MR) is 90.8 cm³/mol. The van der Waals surface area contributed by atoms with E-state index in [1.54, 1.807) is 12.4 Å². The van der Waals surface area contributed by atoms with Crippen LogP contribution in [0.3, 0.4) is 0 Å².